The predicted molar refractivity (Wildman–Crippen MR) is 73.8 cm³/mol. The highest BCUT2D eigenvalue weighted by Gasteiger charge is 2.45. The van der Waals surface area contributed by atoms with Crippen LogP contribution >= 0.6 is 0 Å². The van der Waals surface area contributed by atoms with Crippen LogP contribution in [0.15, 0.2) is 17.0 Å². The van der Waals surface area contributed by atoms with Gasteiger partial charge >= 0.3 is 5.97 Å². The van der Waals surface area contributed by atoms with Gasteiger partial charge in [-0.25, -0.2) is 12.8 Å². The van der Waals surface area contributed by atoms with Crippen LogP contribution in [-0.2, 0) is 20.0 Å². The zero-order valence-electron chi connectivity index (χ0n) is 11.8. The molecule has 5 nitrogen and oxygen atoms in total. The van der Waals surface area contributed by atoms with Crippen molar-refractivity contribution in [3.63, 3.8) is 0 Å². The number of ether oxygens (including phenoxy) is 1. The molecular weight excluding hydrogens is 299 g/mol. The molecule has 1 aromatic rings. The highest BCUT2D eigenvalue weighted by atomic mass is 32.2. The minimum atomic E-state index is -3.75. The summed E-state index contributed by atoms with van der Waals surface area (Å²) in [6.07, 6.45) is 3.12. The van der Waals surface area contributed by atoms with Crippen molar-refractivity contribution in [2.24, 2.45) is 0 Å². The highest BCUT2D eigenvalue weighted by molar-refractivity contribution is 7.90. The first-order valence-corrected chi connectivity index (χ1v) is 8.43. The van der Waals surface area contributed by atoms with Crippen LogP contribution in [-0.4, -0.2) is 32.9 Å². The second-order valence-corrected chi connectivity index (χ2v) is 7.31. The molecule has 116 valence electrons. The minimum absolute atomic E-state index is 0.208. The Morgan fingerprint density at radius 1 is 1.33 bits per heavy atom. The van der Waals surface area contributed by atoms with Crippen LogP contribution in [0.2, 0.25) is 0 Å². The lowest BCUT2D eigenvalue weighted by atomic mass is 9.78. The van der Waals surface area contributed by atoms with Crippen molar-refractivity contribution in [3.05, 3.63) is 23.5 Å². The summed E-state index contributed by atoms with van der Waals surface area (Å²) in [5.74, 6) is -2.35. The van der Waals surface area contributed by atoms with E-state index in [-0.39, 0.29) is 11.3 Å². The van der Waals surface area contributed by atoms with E-state index in [1.165, 1.54) is 13.2 Å². The average molecular weight is 316 g/mol. The third kappa shape index (κ3) is 2.50. The number of methoxy groups -OCH3 is 1. The molecule has 0 radical (unpaired) electrons. The SMILES string of the molecule is COc1c(C2(C(=O)O)CCCC2)ccc(S(C)(=O)=O)c1F. The van der Waals surface area contributed by atoms with Gasteiger partial charge in [-0.1, -0.05) is 18.9 Å². The summed E-state index contributed by atoms with van der Waals surface area (Å²) in [5, 5.41) is 9.56. The van der Waals surface area contributed by atoms with Gasteiger partial charge in [-0.3, -0.25) is 4.79 Å². The molecule has 1 aromatic carbocycles. The number of hydrogen-bond acceptors (Lipinski definition) is 4. The summed E-state index contributed by atoms with van der Waals surface area (Å²) >= 11 is 0. The first-order valence-electron chi connectivity index (χ1n) is 6.54. The smallest absolute Gasteiger partial charge is 0.314 e. The van der Waals surface area contributed by atoms with Crippen LogP contribution in [0.4, 0.5) is 4.39 Å². The van der Waals surface area contributed by atoms with E-state index >= 15 is 0 Å². The molecule has 21 heavy (non-hydrogen) atoms. The van der Waals surface area contributed by atoms with E-state index in [1.54, 1.807) is 0 Å². The van der Waals surface area contributed by atoms with Crippen molar-refractivity contribution < 1.29 is 27.4 Å². The third-order valence-corrected chi connectivity index (χ3v) is 5.16. The van der Waals surface area contributed by atoms with Crippen molar-refractivity contribution in [1.29, 1.82) is 0 Å². The fourth-order valence-electron chi connectivity index (χ4n) is 2.98. The van der Waals surface area contributed by atoms with Gasteiger partial charge in [-0.05, 0) is 18.9 Å². The van der Waals surface area contributed by atoms with Crippen molar-refractivity contribution in [3.8, 4) is 5.75 Å². The van der Waals surface area contributed by atoms with Gasteiger partial charge in [0.15, 0.2) is 21.4 Å². The molecule has 1 aliphatic rings. The van der Waals surface area contributed by atoms with E-state index < -0.39 is 31.9 Å². The summed E-state index contributed by atoms with van der Waals surface area (Å²) in [6.45, 7) is 0. The maximum absolute atomic E-state index is 14.4. The van der Waals surface area contributed by atoms with Crippen LogP contribution in [0.5, 0.6) is 5.75 Å². The molecule has 1 N–H and O–H groups in total. The van der Waals surface area contributed by atoms with E-state index in [2.05, 4.69) is 0 Å². The molecule has 2 rings (SSSR count). The lowest BCUT2D eigenvalue weighted by molar-refractivity contribution is -0.143. The molecule has 0 bridgehead atoms. The normalized spacial score (nSPS) is 17.7. The molecule has 0 spiro atoms. The summed E-state index contributed by atoms with van der Waals surface area (Å²) in [5.41, 5.74) is -0.998. The van der Waals surface area contributed by atoms with E-state index in [4.69, 9.17) is 4.74 Å². The second kappa shape index (κ2) is 5.29. The Balaban J connectivity index is 2.71. The zero-order chi connectivity index (χ0) is 15.8. The van der Waals surface area contributed by atoms with Crippen molar-refractivity contribution in [2.75, 3.05) is 13.4 Å². The molecule has 0 aromatic heterocycles. The predicted octanol–water partition coefficient (Wildman–Crippen LogP) is 2.13. The largest absolute Gasteiger partial charge is 0.493 e. The fourth-order valence-corrected chi connectivity index (χ4v) is 3.71. The summed E-state index contributed by atoms with van der Waals surface area (Å²) in [4.78, 5) is 11.2. The lowest BCUT2D eigenvalue weighted by Crippen LogP contribution is -2.33. The van der Waals surface area contributed by atoms with Crippen LogP contribution in [0.3, 0.4) is 0 Å². The Hall–Kier alpha value is -1.63. The van der Waals surface area contributed by atoms with E-state index in [9.17, 15) is 22.7 Å². The Bertz CT molecular complexity index is 675. The first-order chi connectivity index (χ1) is 9.74. The van der Waals surface area contributed by atoms with Crippen molar-refractivity contribution >= 4 is 15.8 Å². The summed E-state index contributed by atoms with van der Waals surface area (Å²) in [6, 6.07) is 2.48. The van der Waals surface area contributed by atoms with Gasteiger partial charge in [0.1, 0.15) is 4.90 Å². The summed E-state index contributed by atoms with van der Waals surface area (Å²) < 4.78 is 42.5. The average Bonchev–Trinajstić information content (AvgIpc) is 2.87. The number of benzene rings is 1. The Labute approximate surface area is 122 Å². The molecule has 1 aliphatic carbocycles. The maximum Gasteiger partial charge on any atom is 0.314 e. The number of halogens is 1. The number of carbonyl (C=O) groups is 1. The second-order valence-electron chi connectivity index (χ2n) is 5.33. The monoisotopic (exact) mass is 316 g/mol. The molecule has 0 atom stereocenters. The van der Waals surface area contributed by atoms with Gasteiger partial charge in [0, 0.05) is 11.8 Å². The molecule has 1 fully saturated rings. The third-order valence-electron chi connectivity index (χ3n) is 4.05. The Morgan fingerprint density at radius 2 is 1.90 bits per heavy atom. The van der Waals surface area contributed by atoms with Gasteiger partial charge < -0.3 is 9.84 Å². The maximum atomic E-state index is 14.4. The van der Waals surface area contributed by atoms with Gasteiger partial charge in [-0.15, -0.1) is 0 Å². The minimum Gasteiger partial charge on any atom is -0.493 e. The number of rotatable bonds is 4. The van der Waals surface area contributed by atoms with Crippen LogP contribution in [0.1, 0.15) is 31.2 Å². The standard InChI is InChI=1S/C14H17FO5S/c1-20-12-9(14(13(16)17)7-3-4-8-14)5-6-10(11(12)15)21(2,18)19/h5-6H,3-4,7-8H2,1-2H3,(H,16,17). The van der Waals surface area contributed by atoms with Crippen LogP contribution in [0.25, 0.3) is 0 Å². The van der Waals surface area contributed by atoms with E-state index in [0.29, 0.717) is 12.8 Å². The number of aliphatic carboxylic acids is 1. The van der Waals surface area contributed by atoms with Gasteiger partial charge in [0.05, 0.1) is 12.5 Å². The highest BCUT2D eigenvalue weighted by Crippen LogP contribution is 2.46. The van der Waals surface area contributed by atoms with Gasteiger partial charge in [0.25, 0.3) is 0 Å². The number of hydrogen-bond donors (Lipinski definition) is 1. The van der Waals surface area contributed by atoms with Crippen molar-refractivity contribution in [1.82, 2.24) is 0 Å². The first kappa shape index (κ1) is 15.8. The fraction of sp³-hybridized carbons (Fsp3) is 0.500. The Morgan fingerprint density at radius 3 is 2.33 bits per heavy atom. The topological polar surface area (TPSA) is 80.7 Å². The summed E-state index contributed by atoms with van der Waals surface area (Å²) in [7, 11) is -2.54. The Kier molecular flexibility index (Phi) is 3.97. The van der Waals surface area contributed by atoms with Gasteiger partial charge in [-0.2, -0.15) is 0 Å². The quantitative estimate of drug-likeness (QED) is 0.920. The molecule has 0 unspecified atom stereocenters. The molecule has 0 aliphatic heterocycles. The van der Waals surface area contributed by atoms with E-state index in [0.717, 1.165) is 25.2 Å². The zero-order valence-corrected chi connectivity index (χ0v) is 12.7. The van der Waals surface area contributed by atoms with Crippen LogP contribution in [0, 0.1) is 5.82 Å². The number of sulfone groups is 1. The van der Waals surface area contributed by atoms with Crippen molar-refractivity contribution in [2.45, 2.75) is 36.0 Å². The molecule has 7 heteroatoms. The lowest BCUT2D eigenvalue weighted by Gasteiger charge is -2.26. The molecule has 1 saturated carbocycles. The molecule has 0 heterocycles. The molecular formula is C14H17FO5S. The number of carboxylic acid groups (broad SMARTS) is 1. The molecule has 0 saturated heterocycles. The van der Waals surface area contributed by atoms with E-state index in [1.807, 2.05) is 0 Å². The molecule has 0 amide bonds. The number of carboxylic acids is 1. The van der Waals surface area contributed by atoms with Crippen LogP contribution < -0.4 is 4.74 Å². The van der Waals surface area contributed by atoms with Gasteiger partial charge in [0.2, 0.25) is 0 Å².